The molecule has 186 valence electrons. The van der Waals surface area contributed by atoms with Crippen molar-refractivity contribution in [3.8, 4) is 5.75 Å². The fraction of sp³-hybridized carbons (Fsp3) is 0.348. The molecule has 1 heterocycles. The number of aliphatic hydroxyl groups excluding tert-OH is 1. The number of benzene rings is 2. The van der Waals surface area contributed by atoms with Gasteiger partial charge in [-0.3, -0.25) is 4.72 Å². The Balaban J connectivity index is 0.00000408. The van der Waals surface area contributed by atoms with Gasteiger partial charge in [0.05, 0.1) is 36.3 Å². The number of halogens is 1. The number of aromatic carboxylic acids is 1. The number of nitrogens with one attached hydrogen (secondary N) is 1. The monoisotopic (exact) mass is 511 g/mol. The van der Waals surface area contributed by atoms with Crippen LogP contribution < -0.4 is 14.4 Å². The van der Waals surface area contributed by atoms with Crippen molar-refractivity contribution in [3.05, 3.63) is 53.7 Å². The largest absolute Gasteiger partial charge is 0.492 e. The van der Waals surface area contributed by atoms with Gasteiger partial charge in [-0.25, -0.2) is 13.2 Å². The molecule has 9 nitrogen and oxygen atoms in total. The zero-order valence-electron chi connectivity index (χ0n) is 19.3. The van der Waals surface area contributed by atoms with E-state index >= 15 is 0 Å². The zero-order chi connectivity index (χ0) is 24.2. The molecule has 3 aromatic rings. The fourth-order valence-corrected chi connectivity index (χ4v) is 4.55. The van der Waals surface area contributed by atoms with Crippen LogP contribution >= 0.6 is 12.4 Å². The number of sulfonamides is 1. The summed E-state index contributed by atoms with van der Waals surface area (Å²) in [4.78, 5) is 13.5. The smallest absolute Gasteiger partial charge is 0.352 e. The first kappa shape index (κ1) is 27.3. The van der Waals surface area contributed by atoms with Crippen LogP contribution in [-0.2, 0) is 16.6 Å². The highest BCUT2D eigenvalue weighted by atomic mass is 35.5. The normalized spacial score (nSPS) is 11.2. The summed E-state index contributed by atoms with van der Waals surface area (Å²) in [6, 6.07) is 12.5. The Morgan fingerprint density at radius 1 is 1.18 bits per heavy atom. The highest BCUT2D eigenvalue weighted by molar-refractivity contribution is 7.92. The number of carboxylic acids is 1. The van der Waals surface area contributed by atoms with E-state index in [1.807, 2.05) is 24.0 Å². The maximum atomic E-state index is 11.7. The van der Waals surface area contributed by atoms with Gasteiger partial charge in [0, 0.05) is 24.5 Å². The van der Waals surface area contributed by atoms with Gasteiger partial charge >= 0.3 is 5.97 Å². The third-order valence-electron chi connectivity index (χ3n) is 5.35. The molecule has 0 atom stereocenters. The first-order chi connectivity index (χ1) is 15.7. The Morgan fingerprint density at radius 3 is 2.50 bits per heavy atom. The third-order valence-corrected chi connectivity index (χ3v) is 5.94. The maximum absolute atomic E-state index is 11.7. The van der Waals surface area contributed by atoms with Crippen LogP contribution in [0.15, 0.2) is 42.5 Å². The van der Waals surface area contributed by atoms with Crippen molar-refractivity contribution < 1.29 is 28.2 Å². The summed E-state index contributed by atoms with van der Waals surface area (Å²) in [7, 11) is -3.46. The Labute approximate surface area is 205 Å². The molecule has 0 saturated carbocycles. The number of rotatable bonds is 11. The predicted molar refractivity (Wildman–Crippen MR) is 136 cm³/mol. The fourth-order valence-electron chi connectivity index (χ4n) is 3.98. The lowest BCUT2D eigenvalue weighted by molar-refractivity contribution is 0.0685. The second kappa shape index (κ2) is 11.5. The van der Waals surface area contributed by atoms with Crippen LogP contribution in [0.2, 0.25) is 0 Å². The van der Waals surface area contributed by atoms with Gasteiger partial charge < -0.3 is 24.4 Å². The number of ether oxygens (including phenoxy) is 1. The van der Waals surface area contributed by atoms with Gasteiger partial charge in [0.25, 0.3) is 0 Å². The molecular formula is C23H30ClN3O6S. The molecule has 0 aliphatic heterocycles. The summed E-state index contributed by atoms with van der Waals surface area (Å²) in [5, 5.41) is 20.0. The molecule has 0 fully saturated rings. The summed E-state index contributed by atoms with van der Waals surface area (Å²) in [5.41, 5.74) is 2.84. The standard InChI is InChI=1S/C23H29N3O6S.ClH/c1-4-26-21-15-17(9-10-18(21)16(2)22(26)23(28)29)32-14-12-25(11-13-27)20-8-6-5-7-19(20)24-33(3,30)31;/h5-10,15,24,27H,4,11-14H2,1-3H3,(H,28,29);1H. The highest BCUT2D eigenvalue weighted by Gasteiger charge is 2.19. The number of nitrogens with zero attached hydrogens (tertiary/aromatic N) is 2. The van der Waals surface area contributed by atoms with Crippen LogP contribution in [0.1, 0.15) is 23.0 Å². The summed E-state index contributed by atoms with van der Waals surface area (Å²) >= 11 is 0. The number of hydrogen-bond donors (Lipinski definition) is 3. The molecule has 3 rings (SSSR count). The van der Waals surface area contributed by atoms with Crippen molar-refractivity contribution in [1.82, 2.24) is 4.57 Å². The molecule has 0 bridgehead atoms. The quantitative estimate of drug-likeness (QED) is 0.361. The summed E-state index contributed by atoms with van der Waals surface area (Å²) in [6.45, 7) is 5.07. The minimum absolute atomic E-state index is 0. The van der Waals surface area contributed by atoms with Gasteiger partial charge in [-0.15, -0.1) is 12.4 Å². The lowest BCUT2D eigenvalue weighted by Crippen LogP contribution is -2.32. The first-order valence-electron chi connectivity index (χ1n) is 10.6. The lowest BCUT2D eigenvalue weighted by Gasteiger charge is -2.26. The van der Waals surface area contributed by atoms with Gasteiger partial charge in [-0.2, -0.15) is 0 Å². The van der Waals surface area contributed by atoms with E-state index in [1.54, 1.807) is 41.8 Å². The average Bonchev–Trinajstić information content (AvgIpc) is 3.04. The molecule has 0 saturated heterocycles. The molecule has 0 aliphatic rings. The number of para-hydroxylation sites is 2. The SMILES string of the molecule is CCn1c(C(=O)O)c(C)c2ccc(OCCN(CCO)c3ccccc3NS(C)(=O)=O)cc21.Cl. The predicted octanol–water partition coefficient (Wildman–Crippen LogP) is 3.34. The van der Waals surface area contributed by atoms with Crippen LogP contribution in [-0.4, -0.2) is 61.7 Å². The minimum atomic E-state index is -3.46. The first-order valence-corrected chi connectivity index (χ1v) is 12.5. The molecule has 3 N–H and O–H groups in total. The molecule has 0 aliphatic carbocycles. The third kappa shape index (κ3) is 6.13. The van der Waals surface area contributed by atoms with Crippen molar-refractivity contribution in [1.29, 1.82) is 0 Å². The lowest BCUT2D eigenvalue weighted by atomic mass is 10.1. The second-order valence-electron chi connectivity index (χ2n) is 7.65. The van der Waals surface area contributed by atoms with Gasteiger partial charge in [0.1, 0.15) is 18.1 Å². The number of aromatic nitrogens is 1. The van der Waals surface area contributed by atoms with Gasteiger partial charge in [0.15, 0.2) is 0 Å². The molecular weight excluding hydrogens is 482 g/mol. The van der Waals surface area contributed by atoms with Crippen molar-refractivity contribution in [3.63, 3.8) is 0 Å². The summed E-state index contributed by atoms with van der Waals surface area (Å²) in [6.07, 6.45) is 1.09. The Kier molecular flexibility index (Phi) is 9.20. The number of aryl methyl sites for hydroxylation is 2. The highest BCUT2D eigenvalue weighted by Crippen LogP contribution is 2.30. The van der Waals surface area contributed by atoms with Gasteiger partial charge in [-0.05, 0) is 43.7 Å². The van der Waals surface area contributed by atoms with Crippen LogP contribution in [0.3, 0.4) is 0 Å². The van der Waals surface area contributed by atoms with Gasteiger partial charge in [0.2, 0.25) is 10.0 Å². The van der Waals surface area contributed by atoms with Crippen molar-refractivity contribution in [2.24, 2.45) is 0 Å². The number of fused-ring (bicyclic) bond motifs is 1. The van der Waals surface area contributed by atoms with Crippen molar-refractivity contribution >= 4 is 50.7 Å². The van der Waals surface area contributed by atoms with E-state index in [-0.39, 0.29) is 31.3 Å². The topological polar surface area (TPSA) is 121 Å². The summed E-state index contributed by atoms with van der Waals surface area (Å²) in [5.74, 6) is -0.368. The van der Waals surface area contributed by atoms with E-state index in [0.29, 0.717) is 36.8 Å². The number of aliphatic hydroxyl groups is 1. The Morgan fingerprint density at radius 2 is 1.88 bits per heavy atom. The Bertz CT molecular complexity index is 1260. The zero-order valence-corrected chi connectivity index (χ0v) is 20.9. The van der Waals surface area contributed by atoms with Crippen molar-refractivity contribution in [2.75, 3.05) is 42.2 Å². The van der Waals surface area contributed by atoms with Crippen LogP contribution in [0.5, 0.6) is 5.75 Å². The van der Waals surface area contributed by atoms with E-state index in [4.69, 9.17) is 4.74 Å². The second-order valence-corrected chi connectivity index (χ2v) is 9.40. The summed E-state index contributed by atoms with van der Waals surface area (Å²) < 4.78 is 33.6. The van der Waals surface area contributed by atoms with E-state index in [2.05, 4.69) is 4.72 Å². The average molecular weight is 512 g/mol. The minimum Gasteiger partial charge on any atom is -0.492 e. The number of hydrogen-bond acceptors (Lipinski definition) is 6. The van der Waals surface area contributed by atoms with Crippen LogP contribution in [0.25, 0.3) is 10.9 Å². The number of carbonyl (C=O) groups is 1. The van der Waals surface area contributed by atoms with Crippen LogP contribution in [0.4, 0.5) is 11.4 Å². The van der Waals surface area contributed by atoms with E-state index in [0.717, 1.165) is 22.7 Å². The van der Waals surface area contributed by atoms with Gasteiger partial charge in [-0.1, -0.05) is 12.1 Å². The molecule has 2 aromatic carbocycles. The molecule has 1 aromatic heterocycles. The molecule has 0 amide bonds. The number of anilines is 2. The molecule has 11 heteroatoms. The molecule has 34 heavy (non-hydrogen) atoms. The van der Waals surface area contributed by atoms with Crippen molar-refractivity contribution in [2.45, 2.75) is 20.4 Å². The number of carboxylic acid groups (broad SMARTS) is 1. The Hall–Kier alpha value is -2.95. The molecule has 0 spiro atoms. The molecule has 0 radical (unpaired) electrons. The van der Waals surface area contributed by atoms with Crippen LogP contribution in [0, 0.1) is 6.92 Å². The maximum Gasteiger partial charge on any atom is 0.352 e. The molecule has 0 unspecified atom stereocenters. The van der Waals surface area contributed by atoms with E-state index < -0.39 is 16.0 Å². The van der Waals surface area contributed by atoms with E-state index in [1.165, 1.54) is 0 Å². The van der Waals surface area contributed by atoms with E-state index in [9.17, 15) is 23.4 Å².